The highest BCUT2D eigenvalue weighted by Gasteiger charge is 2.38. The smallest absolute Gasteiger partial charge is 0.379 e. The van der Waals surface area contributed by atoms with Crippen LogP contribution in [0, 0.1) is 6.92 Å². The Morgan fingerprint density at radius 1 is 1.29 bits per heavy atom. The van der Waals surface area contributed by atoms with Gasteiger partial charge in [0.05, 0.1) is 18.7 Å². The van der Waals surface area contributed by atoms with Crippen molar-refractivity contribution < 1.29 is 28.2 Å². The van der Waals surface area contributed by atoms with Gasteiger partial charge in [0.2, 0.25) is 0 Å². The molecule has 0 radical (unpaired) electrons. The van der Waals surface area contributed by atoms with Crippen molar-refractivity contribution in [2.24, 2.45) is 0 Å². The predicted molar refractivity (Wildman–Crippen MR) is 83.9 cm³/mol. The fraction of sp³-hybridized carbons (Fsp3) is 0.588. The Bertz CT molecular complexity index is 699. The van der Waals surface area contributed by atoms with Crippen LogP contribution in [0.15, 0.2) is 0 Å². The van der Waals surface area contributed by atoms with Gasteiger partial charge < -0.3 is 14.0 Å². The lowest BCUT2D eigenvalue weighted by molar-refractivity contribution is -0.137. The lowest BCUT2D eigenvalue weighted by atomic mass is 10.0. The number of carbonyl (C=O) groups excluding carboxylic acids is 3. The number of halogens is 1. The molecule has 1 unspecified atom stereocenters. The van der Waals surface area contributed by atoms with Crippen LogP contribution in [0.3, 0.4) is 0 Å². The van der Waals surface area contributed by atoms with Gasteiger partial charge in [-0.05, 0) is 40.2 Å². The number of esters is 2. The van der Waals surface area contributed by atoms with Crippen LogP contribution in [-0.2, 0) is 27.2 Å². The van der Waals surface area contributed by atoms with Crippen molar-refractivity contribution in [3.63, 3.8) is 0 Å². The van der Waals surface area contributed by atoms with Gasteiger partial charge in [-0.15, -0.1) is 0 Å². The van der Waals surface area contributed by atoms with E-state index in [-0.39, 0.29) is 30.8 Å². The van der Waals surface area contributed by atoms with Gasteiger partial charge in [-0.2, -0.15) is 0 Å². The molecule has 24 heavy (non-hydrogen) atoms. The highest BCUT2D eigenvalue weighted by molar-refractivity contribution is 6.41. The van der Waals surface area contributed by atoms with Gasteiger partial charge in [-0.25, -0.2) is 14.0 Å². The number of carbonyl (C=O) groups is 3. The fourth-order valence-corrected chi connectivity index (χ4v) is 2.88. The highest BCUT2D eigenvalue weighted by atomic mass is 19.1. The molecule has 1 aromatic rings. The van der Waals surface area contributed by atoms with E-state index in [1.807, 2.05) is 0 Å². The second-order valence-electron chi connectivity index (χ2n) is 6.76. The van der Waals surface area contributed by atoms with Crippen molar-refractivity contribution in [3.8, 4) is 0 Å². The van der Waals surface area contributed by atoms with E-state index in [9.17, 15) is 18.8 Å². The van der Waals surface area contributed by atoms with E-state index >= 15 is 0 Å². The molecule has 0 saturated heterocycles. The van der Waals surface area contributed by atoms with Crippen molar-refractivity contribution in [3.05, 3.63) is 22.5 Å². The van der Waals surface area contributed by atoms with Crippen molar-refractivity contribution in [2.45, 2.75) is 59.4 Å². The first-order valence-electron chi connectivity index (χ1n) is 7.87. The number of alkyl halides is 1. The zero-order valence-electron chi connectivity index (χ0n) is 14.6. The lowest BCUT2D eigenvalue weighted by Gasteiger charge is -2.20. The average molecular weight is 339 g/mol. The van der Waals surface area contributed by atoms with Crippen LogP contribution in [0.5, 0.6) is 0 Å². The maximum atomic E-state index is 13.9. The van der Waals surface area contributed by atoms with Gasteiger partial charge in [-0.3, -0.25) is 4.79 Å². The summed E-state index contributed by atoms with van der Waals surface area (Å²) in [6.07, 6.45) is -1.24. The Morgan fingerprint density at radius 2 is 1.92 bits per heavy atom. The number of nitrogens with zero attached hydrogens (tertiary/aromatic N) is 1. The molecule has 7 heteroatoms. The van der Waals surface area contributed by atoms with E-state index in [1.54, 1.807) is 34.6 Å². The molecule has 0 bridgehead atoms. The van der Waals surface area contributed by atoms with Crippen LogP contribution in [-0.4, -0.2) is 40.7 Å². The maximum absolute atomic E-state index is 13.9. The molecule has 6 nitrogen and oxygen atoms in total. The first kappa shape index (κ1) is 18.2. The topological polar surface area (TPSA) is 74.6 Å². The molecule has 0 amide bonds. The fourth-order valence-electron chi connectivity index (χ4n) is 2.88. The molecule has 0 saturated carbocycles. The Balaban J connectivity index is 2.51. The highest BCUT2D eigenvalue weighted by Crippen LogP contribution is 2.32. The molecule has 1 aliphatic rings. The molecular formula is C17H22FNO5. The average Bonchev–Trinajstić information content (AvgIpc) is 2.89. The first-order valence-corrected chi connectivity index (χ1v) is 7.87. The number of ether oxygens (including phenoxy) is 2. The monoisotopic (exact) mass is 339 g/mol. The molecule has 2 rings (SSSR count). The molecule has 1 atom stereocenters. The standard InChI is InChI=1S/C17H22FNO5/c1-6-23-16(22)14(20)12-9(2)13(15(21)24-17(3,4)5)19-8-10(18)7-11(12)19/h10H,6-8H2,1-5H3. The summed E-state index contributed by atoms with van der Waals surface area (Å²) in [6.45, 7) is 8.32. The van der Waals surface area contributed by atoms with Gasteiger partial charge in [0.1, 0.15) is 17.5 Å². The molecule has 0 spiro atoms. The largest absolute Gasteiger partial charge is 0.460 e. The Morgan fingerprint density at radius 3 is 2.46 bits per heavy atom. The minimum Gasteiger partial charge on any atom is -0.460 e. The normalized spacial score (nSPS) is 16.7. The zero-order valence-corrected chi connectivity index (χ0v) is 14.6. The summed E-state index contributed by atoms with van der Waals surface area (Å²) in [6, 6.07) is 0. The summed E-state index contributed by atoms with van der Waals surface area (Å²) in [4.78, 5) is 36.7. The first-order chi connectivity index (χ1) is 11.1. The Labute approximate surface area is 139 Å². The molecule has 1 aliphatic heterocycles. The van der Waals surface area contributed by atoms with Crippen LogP contribution in [0.25, 0.3) is 0 Å². The number of Topliss-reactive ketones (excluding diaryl/α,β-unsaturated/α-hetero) is 1. The predicted octanol–water partition coefficient (Wildman–Crippen LogP) is 2.39. The van der Waals surface area contributed by atoms with Crippen LogP contribution in [0.1, 0.15) is 59.8 Å². The van der Waals surface area contributed by atoms with E-state index < -0.39 is 29.5 Å². The minimum atomic E-state index is -1.21. The third-order valence-electron chi connectivity index (χ3n) is 3.69. The number of rotatable bonds is 4. The van der Waals surface area contributed by atoms with Gasteiger partial charge in [0, 0.05) is 12.1 Å². The van der Waals surface area contributed by atoms with Gasteiger partial charge in [0.25, 0.3) is 5.78 Å². The lowest BCUT2D eigenvalue weighted by Crippen LogP contribution is -2.26. The second-order valence-corrected chi connectivity index (χ2v) is 6.76. The number of fused-ring (bicyclic) bond motifs is 1. The molecule has 0 N–H and O–H groups in total. The van der Waals surface area contributed by atoms with Crippen LogP contribution >= 0.6 is 0 Å². The molecule has 0 fully saturated rings. The van der Waals surface area contributed by atoms with Crippen LogP contribution in [0.2, 0.25) is 0 Å². The molecule has 0 aliphatic carbocycles. The van der Waals surface area contributed by atoms with Gasteiger partial charge in [0.15, 0.2) is 0 Å². The summed E-state index contributed by atoms with van der Waals surface area (Å²) >= 11 is 0. The Kier molecular flexibility index (Phi) is 4.82. The summed E-state index contributed by atoms with van der Waals surface area (Å²) < 4.78 is 25.4. The van der Waals surface area contributed by atoms with Crippen LogP contribution < -0.4 is 0 Å². The maximum Gasteiger partial charge on any atom is 0.379 e. The molecule has 2 heterocycles. The summed E-state index contributed by atoms with van der Waals surface area (Å²) in [5.74, 6) is -2.51. The van der Waals surface area contributed by atoms with Crippen molar-refractivity contribution in [2.75, 3.05) is 6.61 Å². The van der Waals surface area contributed by atoms with Gasteiger partial charge >= 0.3 is 11.9 Å². The van der Waals surface area contributed by atoms with Crippen molar-refractivity contribution >= 4 is 17.7 Å². The number of hydrogen-bond acceptors (Lipinski definition) is 5. The van der Waals surface area contributed by atoms with E-state index in [1.165, 1.54) is 4.57 Å². The van der Waals surface area contributed by atoms with Gasteiger partial charge in [-0.1, -0.05) is 0 Å². The SMILES string of the molecule is CCOC(=O)C(=O)c1c(C)c(C(=O)OC(C)(C)C)n2c1CC(F)C2. The van der Waals surface area contributed by atoms with Crippen molar-refractivity contribution in [1.29, 1.82) is 0 Å². The van der Waals surface area contributed by atoms with Crippen LogP contribution in [0.4, 0.5) is 4.39 Å². The minimum absolute atomic E-state index is 0.0237. The molecule has 1 aromatic heterocycles. The number of ketones is 1. The Hall–Kier alpha value is -2.18. The summed E-state index contributed by atoms with van der Waals surface area (Å²) in [7, 11) is 0. The third-order valence-corrected chi connectivity index (χ3v) is 3.69. The van der Waals surface area contributed by atoms with E-state index in [0.29, 0.717) is 11.3 Å². The quantitative estimate of drug-likeness (QED) is 0.478. The number of aromatic nitrogens is 1. The van der Waals surface area contributed by atoms with Crippen molar-refractivity contribution in [1.82, 2.24) is 4.57 Å². The summed E-state index contributed by atoms with van der Waals surface area (Å²) in [5.41, 5.74) is 0.109. The zero-order chi connectivity index (χ0) is 18.2. The number of hydrogen-bond donors (Lipinski definition) is 0. The van der Waals surface area contributed by atoms with E-state index in [2.05, 4.69) is 0 Å². The van der Waals surface area contributed by atoms with E-state index in [0.717, 1.165) is 0 Å². The van der Waals surface area contributed by atoms with E-state index in [4.69, 9.17) is 9.47 Å². The molecule has 0 aromatic carbocycles. The third kappa shape index (κ3) is 3.34. The second kappa shape index (κ2) is 6.37. The molecular weight excluding hydrogens is 317 g/mol. The molecule has 132 valence electrons. The summed E-state index contributed by atoms with van der Waals surface area (Å²) in [5, 5.41) is 0.